The molecular weight excluding hydrogens is 404 g/mol. The van der Waals surface area contributed by atoms with Gasteiger partial charge in [0.05, 0.1) is 34.9 Å². The van der Waals surface area contributed by atoms with Gasteiger partial charge in [0, 0.05) is 38.3 Å². The van der Waals surface area contributed by atoms with Gasteiger partial charge in [-0.2, -0.15) is 5.26 Å². The van der Waals surface area contributed by atoms with E-state index in [-0.39, 0.29) is 24.2 Å². The van der Waals surface area contributed by atoms with Crippen molar-refractivity contribution in [1.29, 1.82) is 5.26 Å². The summed E-state index contributed by atoms with van der Waals surface area (Å²) < 4.78 is 3.27. The molecule has 8 heteroatoms. The molecule has 0 spiro atoms. The summed E-state index contributed by atoms with van der Waals surface area (Å²) >= 11 is 0. The van der Waals surface area contributed by atoms with Crippen LogP contribution in [-0.2, 0) is 13.6 Å². The molecule has 2 aromatic carbocycles. The van der Waals surface area contributed by atoms with Crippen molar-refractivity contribution in [2.45, 2.75) is 32.4 Å². The number of nitrogens with two attached hydrogens (primary N) is 1. The lowest BCUT2D eigenvalue weighted by atomic mass is 10.0. The number of carbonyl (C=O) groups is 1. The number of piperidine rings is 1. The summed E-state index contributed by atoms with van der Waals surface area (Å²) in [6.45, 7) is 4.13. The van der Waals surface area contributed by atoms with Crippen LogP contribution >= 0.6 is 0 Å². The number of amides is 1. The Morgan fingerprint density at radius 1 is 1.31 bits per heavy atom. The third kappa shape index (κ3) is 3.87. The number of nitriles is 1. The topological polar surface area (TPSA) is 109 Å². The second-order valence-electron chi connectivity index (χ2n) is 8.27. The van der Waals surface area contributed by atoms with Crippen LogP contribution in [0.5, 0.6) is 0 Å². The smallest absolute Gasteiger partial charge is 0.329 e. The van der Waals surface area contributed by atoms with E-state index in [4.69, 9.17) is 5.73 Å². The minimum atomic E-state index is -0.191. The number of imidazole rings is 1. The number of nitrogens with one attached hydrogen (secondary N) is 1. The number of hydrogen-bond acceptors (Lipinski definition) is 5. The molecule has 166 valence electrons. The van der Waals surface area contributed by atoms with Crippen molar-refractivity contribution < 1.29 is 4.79 Å². The van der Waals surface area contributed by atoms with Gasteiger partial charge in [0.1, 0.15) is 0 Å². The third-order valence-corrected chi connectivity index (χ3v) is 6.08. The van der Waals surface area contributed by atoms with Crippen LogP contribution < -0.4 is 21.6 Å². The van der Waals surface area contributed by atoms with Crippen LogP contribution in [0.1, 0.15) is 41.3 Å². The number of nitrogens with zero attached hydrogens (tertiary/aromatic N) is 4. The highest BCUT2D eigenvalue weighted by atomic mass is 16.2. The Balaban J connectivity index is 1.95. The highest BCUT2D eigenvalue weighted by molar-refractivity contribution is 6.02. The highest BCUT2D eigenvalue weighted by Crippen LogP contribution is 2.31. The molecule has 1 aliphatic heterocycles. The quantitative estimate of drug-likeness (QED) is 0.640. The Kier molecular flexibility index (Phi) is 6.01. The second-order valence-corrected chi connectivity index (χ2v) is 8.27. The molecule has 4 rings (SSSR count). The normalized spacial score (nSPS) is 16.2. The van der Waals surface area contributed by atoms with Crippen LogP contribution in [0.3, 0.4) is 0 Å². The van der Waals surface area contributed by atoms with E-state index in [0.717, 1.165) is 36.2 Å². The van der Waals surface area contributed by atoms with Crippen molar-refractivity contribution in [3.8, 4) is 6.07 Å². The molecule has 1 fully saturated rings. The van der Waals surface area contributed by atoms with Gasteiger partial charge < -0.3 is 16.0 Å². The molecule has 1 aliphatic rings. The van der Waals surface area contributed by atoms with Crippen molar-refractivity contribution in [3.05, 3.63) is 63.6 Å². The van der Waals surface area contributed by atoms with Gasteiger partial charge in [0.15, 0.2) is 0 Å². The molecular formula is C24H28N6O2. The van der Waals surface area contributed by atoms with E-state index in [1.807, 2.05) is 31.2 Å². The molecule has 0 radical (unpaired) electrons. The van der Waals surface area contributed by atoms with E-state index < -0.39 is 0 Å². The van der Waals surface area contributed by atoms with Crippen molar-refractivity contribution >= 4 is 22.6 Å². The molecule has 0 bridgehead atoms. The number of benzene rings is 2. The largest absolute Gasteiger partial charge is 0.368 e. The molecule has 32 heavy (non-hydrogen) atoms. The molecule has 3 N–H and O–H groups in total. The molecule has 1 aromatic heterocycles. The van der Waals surface area contributed by atoms with Gasteiger partial charge in [-0.15, -0.1) is 0 Å². The Morgan fingerprint density at radius 2 is 2.09 bits per heavy atom. The fraction of sp³-hybridized carbons (Fsp3) is 0.375. The number of fused-ring (bicyclic) bond motifs is 1. The van der Waals surface area contributed by atoms with Gasteiger partial charge >= 0.3 is 5.69 Å². The lowest BCUT2D eigenvalue weighted by Crippen LogP contribution is -2.43. The summed E-state index contributed by atoms with van der Waals surface area (Å²) in [5.74, 6) is -0.174. The van der Waals surface area contributed by atoms with E-state index in [1.165, 1.54) is 0 Å². The first kappa shape index (κ1) is 21.7. The second kappa shape index (κ2) is 8.89. The van der Waals surface area contributed by atoms with Crippen LogP contribution in [0.15, 0.2) is 41.2 Å². The number of anilines is 1. The van der Waals surface area contributed by atoms with Gasteiger partial charge in [0.25, 0.3) is 5.91 Å². The SMILES string of the molecule is CCNC(=O)c1cc(N2CCC[C@@H](N)C2)c2c(c1)n(C)c(=O)n2Cc1ccccc1C#N. The lowest BCUT2D eigenvalue weighted by Gasteiger charge is -2.33. The fourth-order valence-electron chi connectivity index (χ4n) is 4.46. The maximum absolute atomic E-state index is 13.3. The van der Waals surface area contributed by atoms with Crippen molar-refractivity contribution in [2.24, 2.45) is 12.8 Å². The van der Waals surface area contributed by atoms with Gasteiger partial charge in [-0.1, -0.05) is 18.2 Å². The summed E-state index contributed by atoms with van der Waals surface area (Å²) in [5, 5.41) is 12.4. The van der Waals surface area contributed by atoms with Gasteiger partial charge in [-0.05, 0) is 43.5 Å². The maximum atomic E-state index is 13.3. The van der Waals surface area contributed by atoms with E-state index in [2.05, 4.69) is 16.3 Å². The molecule has 0 saturated carbocycles. The average Bonchev–Trinajstić information content (AvgIpc) is 3.04. The third-order valence-electron chi connectivity index (χ3n) is 6.08. The number of aromatic nitrogens is 2. The van der Waals surface area contributed by atoms with Gasteiger partial charge in [-0.25, -0.2) is 4.79 Å². The van der Waals surface area contributed by atoms with Crippen molar-refractivity contribution in [1.82, 2.24) is 14.5 Å². The average molecular weight is 433 g/mol. The zero-order valence-electron chi connectivity index (χ0n) is 18.5. The number of aryl methyl sites for hydroxylation is 1. The minimum Gasteiger partial charge on any atom is -0.368 e. The Hall–Kier alpha value is -3.57. The van der Waals surface area contributed by atoms with Crippen LogP contribution in [0.4, 0.5) is 5.69 Å². The summed E-state index contributed by atoms with van der Waals surface area (Å²) in [6, 6.07) is 13.2. The molecule has 3 aromatic rings. The number of carbonyl (C=O) groups excluding carboxylic acids is 1. The summed E-state index contributed by atoms with van der Waals surface area (Å²) in [4.78, 5) is 28.2. The first-order chi connectivity index (χ1) is 15.4. The van der Waals surface area contributed by atoms with Crippen LogP contribution in [0, 0.1) is 11.3 Å². The van der Waals surface area contributed by atoms with Crippen LogP contribution in [0.2, 0.25) is 0 Å². The fourth-order valence-corrected chi connectivity index (χ4v) is 4.46. The lowest BCUT2D eigenvalue weighted by molar-refractivity contribution is 0.0956. The number of rotatable bonds is 5. The van der Waals surface area contributed by atoms with E-state index in [9.17, 15) is 14.9 Å². The summed E-state index contributed by atoms with van der Waals surface area (Å²) in [6.07, 6.45) is 1.90. The standard InChI is InChI=1S/C24H28N6O2/c1-3-27-23(31)18-11-20-22(21(12-18)29-10-6-9-19(26)15-29)30(24(32)28(20)2)14-17-8-5-4-7-16(17)13-25/h4-5,7-8,11-12,19H,3,6,9-10,14-15,26H2,1-2H3,(H,27,31)/t19-/m1/s1. The molecule has 1 saturated heterocycles. The van der Waals surface area contributed by atoms with E-state index in [0.29, 0.717) is 29.7 Å². The van der Waals surface area contributed by atoms with Crippen molar-refractivity contribution in [2.75, 3.05) is 24.5 Å². The van der Waals surface area contributed by atoms with Crippen molar-refractivity contribution in [3.63, 3.8) is 0 Å². The zero-order valence-corrected chi connectivity index (χ0v) is 18.5. The molecule has 1 amide bonds. The molecule has 8 nitrogen and oxygen atoms in total. The molecule has 2 heterocycles. The van der Waals surface area contributed by atoms with Crippen LogP contribution in [-0.4, -0.2) is 40.7 Å². The molecule has 1 atom stereocenters. The summed E-state index contributed by atoms with van der Waals surface area (Å²) in [5.41, 5.74) is 10.2. The maximum Gasteiger partial charge on any atom is 0.329 e. The molecule has 0 aliphatic carbocycles. The van der Waals surface area contributed by atoms with Crippen LogP contribution in [0.25, 0.3) is 11.0 Å². The molecule has 0 unspecified atom stereocenters. The number of hydrogen-bond donors (Lipinski definition) is 2. The first-order valence-electron chi connectivity index (χ1n) is 10.9. The predicted octanol–water partition coefficient (Wildman–Crippen LogP) is 1.94. The first-order valence-corrected chi connectivity index (χ1v) is 10.9. The minimum absolute atomic E-state index is 0.0372. The summed E-state index contributed by atoms with van der Waals surface area (Å²) in [7, 11) is 1.71. The van der Waals surface area contributed by atoms with E-state index >= 15 is 0 Å². The highest BCUT2D eigenvalue weighted by Gasteiger charge is 2.25. The van der Waals surface area contributed by atoms with E-state index in [1.54, 1.807) is 28.3 Å². The van der Waals surface area contributed by atoms with Gasteiger partial charge in [0.2, 0.25) is 0 Å². The Bertz CT molecular complexity index is 1270. The van der Waals surface area contributed by atoms with Gasteiger partial charge in [-0.3, -0.25) is 13.9 Å². The predicted molar refractivity (Wildman–Crippen MR) is 125 cm³/mol. The Morgan fingerprint density at radius 3 is 2.81 bits per heavy atom. The Labute approximate surface area is 186 Å². The zero-order chi connectivity index (χ0) is 22.8. The monoisotopic (exact) mass is 432 g/mol.